The van der Waals surface area contributed by atoms with E-state index in [9.17, 15) is 14.7 Å². The molecule has 0 radical (unpaired) electrons. The van der Waals surface area contributed by atoms with Crippen LogP contribution in [0.3, 0.4) is 0 Å². The van der Waals surface area contributed by atoms with Crippen LogP contribution in [0.15, 0.2) is 0 Å². The second-order valence-electron chi connectivity index (χ2n) is 13.2. The van der Waals surface area contributed by atoms with E-state index in [1.807, 2.05) is 0 Å². The summed E-state index contributed by atoms with van der Waals surface area (Å²) in [5.41, 5.74) is -0.0205. The number of methoxy groups -OCH3 is 1. The first-order valence-electron chi connectivity index (χ1n) is 14.4. The zero-order chi connectivity index (χ0) is 25.0. The Balaban J connectivity index is 1.48. The molecule has 0 spiro atoms. The summed E-state index contributed by atoms with van der Waals surface area (Å²) in [6.45, 7) is 6.30. The summed E-state index contributed by atoms with van der Waals surface area (Å²) < 4.78 is 11.7. The Labute approximate surface area is 211 Å². The minimum atomic E-state index is -0.592. The monoisotopic (exact) mass is 489 g/mol. The van der Waals surface area contributed by atoms with Crippen molar-refractivity contribution in [2.45, 2.75) is 122 Å². The Morgan fingerprint density at radius 2 is 1.66 bits per heavy atom. The quantitative estimate of drug-likeness (QED) is 0.517. The van der Waals surface area contributed by atoms with Gasteiger partial charge in [0.15, 0.2) is 0 Å². The van der Waals surface area contributed by atoms with Gasteiger partial charge in [0, 0.05) is 26.1 Å². The molecule has 6 heteroatoms. The fraction of sp³-hybridized carbons (Fsp3) is 0.931. The van der Waals surface area contributed by atoms with Gasteiger partial charge in [-0.2, -0.15) is 0 Å². The van der Waals surface area contributed by atoms with Gasteiger partial charge in [-0.15, -0.1) is 0 Å². The summed E-state index contributed by atoms with van der Waals surface area (Å²) in [4.78, 5) is 24.2. The molecule has 5 fully saturated rings. The van der Waals surface area contributed by atoms with Gasteiger partial charge in [0.1, 0.15) is 6.10 Å². The molecule has 0 aliphatic heterocycles. The maximum atomic E-state index is 12.3. The second kappa shape index (κ2) is 9.63. The van der Waals surface area contributed by atoms with Gasteiger partial charge < -0.3 is 19.9 Å². The van der Waals surface area contributed by atoms with E-state index < -0.39 is 5.97 Å². The molecule has 35 heavy (non-hydrogen) atoms. The number of aliphatic carboxylic acids is 1. The molecule has 0 aromatic rings. The van der Waals surface area contributed by atoms with Crippen LogP contribution < -0.4 is 5.32 Å². The largest absolute Gasteiger partial charge is 0.481 e. The van der Waals surface area contributed by atoms with Crippen LogP contribution in [0.25, 0.3) is 0 Å². The van der Waals surface area contributed by atoms with Crippen LogP contribution in [-0.4, -0.2) is 48.4 Å². The summed E-state index contributed by atoms with van der Waals surface area (Å²) >= 11 is 0. The van der Waals surface area contributed by atoms with Crippen molar-refractivity contribution >= 4 is 11.9 Å². The second-order valence-corrected chi connectivity index (χ2v) is 13.2. The van der Waals surface area contributed by atoms with Crippen LogP contribution in [0.4, 0.5) is 0 Å². The Bertz CT molecular complexity index is 811. The molecule has 10 atom stereocenters. The van der Waals surface area contributed by atoms with Crippen LogP contribution in [0.1, 0.15) is 97.8 Å². The molecule has 0 aromatic carbocycles. The molecule has 0 amide bonds. The number of hydrogen-bond donors (Lipinski definition) is 2. The number of esters is 1. The predicted molar refractivity (Wildman–Crippen MR) is 134 cm³/mol. The van der Waals surface area contributed by atoms with E-state index in [0.717, 1.165) is 38.5 Å². The highest BCUT2D eigenvalue weighted by atomic mass is 16.6. The highest BCUT2D eigenvalue weighted by molar-refractivity contribution is 5.71. The fourth-order valence-electron chi connectivity index (χ4n) is 10.1. The third kappa shape index (κ3) is 4.35. The molecule has 2 N–H and O–H groups in total. The van der Waals surface area contributed by atoms with E-state index in [1.165, 1.54) is 45.4 Å². The third-order valence-corrected chi connectivity index (χ3v) is 11.6. The van der Waals surface area contributed by atoms with Gasteiger partial charge in [0.05, 0.1) is 12.0 Å². The topological polar surface area (TPSA) is 84.9 Å². The van der Waals surface area contributed by atoms with E-state index in [0.29, 0.717) is 35.8 Å². The molecule has 5 aliphatic carbocycles. The van der Waals surface area contributed by atoms with E-state index in [4.69, 9.17) is 9.47 Å². The van der Waals surface area contributed by atoms with Gasteiger partial charge in [-0.25, -0.2) is 0 Å². The van der Waals surface area contributed by atoms with Crippen molar-refractivity contribution in [1.29, 1.82) is 0 Å². The molecule has 6 nitrogen and oxygen atoms in total. The van der Waals surface area contributed by atoms with Crippen molar-refractivity contribution in [3.63, 3.8) is 0 Å². The molecule has 0 saturated heterocycles. The first-order chi connectivity index (χ1) is 16.7. The number of rotatable bonds is 5. The van der Waals surface area contributed by atoms with Crippen LogP contribution >= 0.6 is 0 Å². The standard InChI is InChI=1S/C29H47NO5/c1-17(31)35-24-14-18-10-11-20-21-12-13-22(27(32)33)29(21,3)15-23(30-19-8-6-5-7-9-19)26(20)28(18,2)16-25(24)34-4/h18-26,30H,5-16H2,1-4H3,(H,32,33)/t18-,20-,21-,22+,23+,24-,25-,26+,28-,29-/m0/s1. The molecule has 0 bridgehead atoms. The number of carboxylic acid groups (broad SMARTS) is 1. The number of fused-ring (bicyclic) bond motifs is 5. The molecule has 5 rings (SSSR count). The van der Waals surface area contributed by atoms with Gasteiger partial charge in [-0.05, 0) is 92.3 Å². The summed E-state index contributed by atoms with van der Waals surface area (Å²) in [7, 11) is 1.76. The molecule has 0 heterocycles. The van der Waals surface area contributed by atoms with E-state index >= 15 is 0 Å². The van der Waals surface area contributed by atoms with E-state index in [1.54, 1.807) is 7.11 Å². The Kier molecular flexibility index (Phi) is 7.02. The van der Waals surface area contributed by atoms with Gasteiger partial charge >= 0.3 is 11.9 Å². The zero-order valence-electron chi connectivity index (χ0n) is 22.3. The third-order valence-electron chi connectivity index (χ3n) is 11.6. The van der Waals surface area contributed by atoms with Gasteiger partial charge in [-0.1, -0.05) is 33.1 Å². The lowest BCUT2D eigenvalue weighted by atomic mass is 9.43. The Morgan fingerprint density at radius 1 is 0.914 bits per heavy atom. The molecule has 5 saturated carbocycles. The molecular weight excluding hydrogens is 442 g/mol. The normalized spacial score (nSPS) is 47.9. The van der Waals surface area contributed by atoms with Crippen LogP contribution in [-0.2, 0) is 19.1 Å². The van der Waals surface area contributed by atoms with Crippen molar-refractivity contribution in [2.24, 2.45) is 40.4 Å². The highest BCUT2D eigenvalue weighted by Crippen LogP contribution is 2.67. The Hall–Kier alpha value is -1.14. The first kappa shape index (κ1) is 25.5. The molecule has 198 valence electrons. The Morgan fingerprint density at radius 3 is 2.31 bits per heavy atom. The smallest absolute Gasteiger partial charge is 0.307 e. The van der Waals surface area contributed by atoms with Crippen LogP contribution in [0, 0.1) is 40.4 Å². The average Bonchev–Trinajstić information content (AvgIpc) is 3.16. The van der Waals surface area contributed by atoms with E-state index in [-0.39, 0.29) is 34.9 Å². The predicted octanol–water partition coefficient (Wildman–Crippen LogP) is 5.19. The maximum absolute atomic E-state index is 12.3. The van der Waals surface area contributed by atoms with Crippen molar-refractivity contribution in [3.05, 3.63) is 0 Å². The summed E-state index contributed by atoms with van der Waals surface area (Å²) in [6.07, 6.45) is 13.1. The fourth-order valence-corrected chi connectivity index (χ4v) is 10.1. The summed E-state index contributed by atoms with van der Waals surface area (Å²) in [6, 6.07) is 0.902. The summed E-state index contributed by atoms with van der Waals surface area (Å²) in [5.74, 6) is 1.05. The maximum Gasteiger partial charge on any atom is 0.307 e. The lowest BCUT2D eigenvalue weighted by Crippen LogP contribution is -2.65. The molecule has 0 unspecified atom stereocenters. The number of hydrogen-bond acceptors (Lipinski definition) is 5. The number of nitrogens with one attached hydrogen (secondary N) is 1. The van der Waals surface area contributed by atoms with Gasteiger partial charge in [0.2, 0.25) is 0 Å². The van der Waals surface area contributed by atoms with Crippen molar-refractivity contribution in [2.75, 3.05) is 7.11 Å². The molecule has 5 aliphatic rings. The zero-order valence-corrected chi connectivity index (χ0v) is 22.3. The van der Waals surface area contributed by atoms with Crippen molar-refractivity contribution in [3.8, 4) is 0 Å². The number of carbonyl (C=O) groups excluding carboxylic acids is 1. The highest BCUT2D eigenvalue weighted by Gasteiger charge is 2.65. The van der Waals surface area contributed by atoms with Crippen LogP contribution in [0.2, 0.25) is 0 Å². The SMILES string of the molecule is CO[C@H]1C[C@@]2(C)[C@@H](CC[C@@H]3[C@@H]2[C@H](NC2CCCCC2)C[C@]2(C)[C@@H](C(=O)O)CC[C@@H]32)C[C@@H]1OC(C)=O. The van der Waals surface area contributed by atoms with Gasteiger partial charge in [0.25, 0.3) is 0 Å². The average molecular weight is 490 g/mol. The summed E-state index contributed by atoms with van der Waals surface area (Å²) in [5, 5.41) is 14.3. The minimum Gasteiger partial charge on any atom is -0.481 e. The van der Waals surface area contributed by atoms with Crippen molar-refractivity contribution < 1.29 is 24.2 Å². The van der Waals surface area contributed by atoms with Crippen LogP contribution in [0.5, 0.6) is 0 Å². The van der Waals surface area contributed by atoms with E-state index in [2.05, 4.69) is 19.2 Å². The van der Waals surface area contributed by atoms with Crippen molar-refractivity contribution in [1.82, 2.24) is 5.32 Å². The lowest BCUT2D eigenvalue weighted by molar-refractivity contribution is -0.192. The lowest BCUT2D eigenvalue weighted by Gasteiger charge is -2.64. The number of carboxylic acids is 1. The minimum absolute atomic E-state index is 0.0714. The number of carbonyl (C=O) groups is 2. The molecular formula is C29H47NO5. The first-order valence-corrected chi connectivity index (χ1v) is 14.4. The number of ether oxygens (including phenoxy) is 2. The molecule has 0 aromatic heterocycles. The van der Waals surface area contributed by atoms with Gasteiger partial charge in [-0.3, -0.25) is 9.59 Å².